The summed E-state index contributed by atoms with van der Waals surface area (Å²) in [5, 5.41) is 59.9. The Labute approximate surface area is 196 Å². The van der Waals surface area contributed by atoms with Crippen molar-refractivity contribution < 1.29 is 30.6 Å². The number of aliphatic hydroxyl groups is 6. The lowest BCUT2D eigenvalue weighted by Gasteiger charge is -2.31. The van der Waals surface area contributed by atoms with Crippen molar-refractivity contribution in [3.05, 3.63) is 0 Å². The minimum absolute atomic E-state index is 0.146. The fourth-order valence-corrected chi connectivity index (χ4v) is 3.39. The Bertz CT molecular complexity index is 556. The smallest absolute Gasteiger partial charge is 0.232 e. The molecule has 33 heavy (non-hydrogen) atoms. The largest absolute Gasteiger partial charge is 0.392 e. The van der Waals surface area contributed by atoms with Gasteiger partial charge in [0.25, 0.3) is 0 Å². The zero-order valence-corrected chi connectivity index (χ0v) is 20.6. The zero-order valence-electron chi connectivity index (χ0n) is 20.6. The van der Waals surface area contributed by atoms with Crippen molar-refractivity contribution in [2.24, 2.45) is 0 Å². The molecule has 0 spiro atoms. The molecule has 1 rings (SSSR count). The number of nitrogens with zero attached hydrogens (tertiary/aromatic N) is 6. The second kappa shape index (κ2) is 13.8. The van der Waals surface area contributed by atoms with E-state index in [1.165, 1.54) is 0 Å². The maximum Gasteiger partial charge on any atom is 0.232 e. The highest BCUT2D eigenvalue weighted by Crippen LogP contribution is 2.21. The van der Waals surface area contributed by atoms with Gasteiger partial charge in [0.15, 0.2) is 0 Å². The second-order valence-corrected chi connectivity index (χ2v) is 9.04. The third-order valence-corrected chi connectivity index (χ3v) is 4.36. The predicted octanol–water partition coefficient (Wildman–Crippen LogP) is -1.42. The lowest BCUT2D eigenvalue weighted by molar-refractivity contribution is 0.176. The van der Waals surface area contributed by atoms with Crippen LogP contribution < -0.4 is 14.7 Å². The number of rotatable bonds is 15. The number of aromatic nitrogens is 3. The van der Waals surface area contributed by atoms with Crippen LogP contribution >= 0.6 is 0 Å². The van der Waals surface area contributed by atoms with E-state index in [1.807, 2.05) is 0 Å². The summed E-state index contributed by atoms with van der Waals surface area (Å²) >= 11 is 0. The summed E-state index contributed by atoms with van der Waals surface area (Å²) in [6.07, 6.45) is -4.39. The molecule has 0 fully saturated rings. The molecule has 0 aliphatic carbocycles. The van der Waals surface area contributed by atoms with E-state index in [1.54, 1.807) is 56.2 Å². The summed E-state index contributed by atoms with van der Waals surface area (Å²) in [5.74, 6) is 0.539. The van der Waals surface area contributed by atoms with Crippen molar-refractivity contribution in [2.75, 3.05) is 54.0 Å². The monoisotopic (exact) mass is 474 g/mol. The molecule has 0 aromatic carbocycles. The lowest BCUT2D eigenvalue weighted by atomic mass is 10.3. The van der Waals surface area contributed by atoms with Crippen molar-refractivity contribution >= 4 is 17.8 Å². The fourth-order valence-electron chi connectivity index (χ4n) is 3.39. The molecule has 1 aromatic rings. The van der Waals surface area contributed by atoms with E-state index in [0.29, 0.717) is 0 Å². The number of hydrogen-bond donors (Lipinski definition) is 6. The summed E-state index contributed by atoms with van der Waals surface area (Å²) in [6, 6.07) is 0. The van der Waals surface area contributed by atoms with Crippen LogP contribution in [0, 0.1) is 0 Å². The Hall–Kier alpha value is -1.83. The molecule has 0 bridgehead atoms. The average Bonchev–Trinajstić information content (AvgIpc) is 2.64. The van der Waals surface area contributed by atoms with Crippen molar-refractivity contribution in [1.82, 2.24) is 15.0 Å². The van der Waals surface area contributed by atoms with E-state index in [0.717, 1.165) is 0 Å². The molecule has 1 aromatic heterocycles. The van der Waals surface area contributed by atoms with Crippen molar-refractivity contribution in [3.63, 3.8) is 0 Å². The first kappa shape index (κ1) is 29.2. The van der Waals surface area contributed by atoms with E-state index in [4.69, 9.17) is 0 Å². The van der Waals surface area contributed by atoms with Crippen LogP contribution in [0.2, 0.25) is 0 Å². The van der Waals surface area contributed by atoms with Gasteiger partial charge >= 0.3 is 0 Å². The van der Waals surface area contributed by atoms with Gasteiger partial charge in [-0.15, -0.1) is 0 Å². The van der Waals surface area contributed by atoms with Gasteiger partial charge in [-0.3, -0.25) is 0 Å². The van der Waals surface area contributed by atoms with Crippen LogP contribution in [0.15, 0.2) is 0 Å². The Morgan fingerprint density at radius 3 is 0.697 bits per heavy atom. The molecule has 6 unspecified atom stereocenters. The maximum absolute atomic E-state index is 9.98. The molecular weight excluding hydrogens is 432 g/mol. The molecule has 12 heteroatoms. The highest BCUT2D eigenvalue weighted by atomic mass is 16.3. The summed E-state index contributed by atoms with van der Waals surface area (Å²) < 4.78 is 0. The summed E-state index contributed by atoms with van der Waals surface area (Å²) in [7, 11) is 0. The van der Waals surface area contributed by atoms with Gasteiger partial charge < -0.3 is 45.3 Å². The van der Waals surface area contributed by atoms with Crippen LogP contribution in [0.5, 0.6) is 0 Å². The molecule has 6 atom stereocenters. The molecule has 12 nitrogen and oxygen atoms in total. The maximum atomic E-state index is 9.98. The van der Waals surface area contributed by atoms with Gasteiger partial charge in [-0.2, -0.15) is 15.0 Å². The normalized spacial score (nSPS) is 17.1. The molecule has 0 saturated heterocycles. The second-order valence-electron chi connectivity index (χ2n) is 9.04. The molecule has 0 aliphatic heterocycles. The van der Waals surface area contributed by atoms with Crippen molar-refractivity contribution in [2.45, 2.75) is 78.2 Å². The van der Waals surface area contributed by atoms with Crippen LogP contribution in [0.25, 0.3) is 0 Å². The predicted molar refractivity (Wildman–Crippen MR) is 127 cm³/mol. The fraction of sp³-hybridized carbons (Fsp3) is 0.857. The molecule has 1 heterocycles. The summed E-state index contributed by atoms with van der Waals surface area (Å²) in [6.45, 7) is 10.5. The molecule has 0 amide bonds. The molecule has 6 N–H and O–H groups in total. The van der Waals surface area contributed by atoms with E-state index in [2.05, 4.69) is 15.0 Å². The topological polar surface area (TPSA) is 170 Å². The van der Waals surface area contributed by atoms with E-state index < -0.39 is 36.6 Å². The number of aliphatic hydroxyl groups excluding tert-OH is 6. The first-order valence-corrected chi connectivity index (χ1v) is 11.4. The minimum Gasteiger partial charge on any atom is -0.392 e. The van der Waals surface area contributed by atoms with Gasteiger partial charge in [-0.1, -0.05) is 0 Å². The van der Waals surface area contributed by atoms with E-state index >= 15 is 0 Å². The first-order valence-electron chi connectivity index (χ1n) is 11.4. The number of anilines is 3. The SMILES string of the molecule is CC(O)CN(CC(C)O)c1nc(N(CC(C)O)CC(C)O)nc(N(CC(C)O)CC(C)O)n1. The minimum atomic E-state index is -0.732. The van der Waals surface area contributed by atoms with Gasteiger partial charge in [0, 0.05) is 39.3 Å². The van der Waals surface area contributed by atoms with Crippen LogP contribution in [0.3, 0.4) is 0 Å². The van der Waals surface area contributed by atoms with Crippen molar-refractivity contribution in [3.8, 4) is 0 Å². The van der Waals surface area contributed by atoms with Gasteiger partial charge in [0.2, 0.25) is 17.8 Å². The highest BCUT2D eigenvalue weighted by Gasteiger charge is 2.24. The first-order chi connectivity index (χ1) is 15.3. The van der Waals surface area contributed by atoms with E-state index in [9.17, 15) is 30.6 Å². The molecule has 0 radical (unpaired) electrons. The Balaban J connectivity index is 3.64. The van der Waals surface area contributed by atoms with Crippen LogP contribution in [-0.2, 0) is 0 Å². The standard InChI is InChI=1S/C21H42N6O6/c1-13(28)7-25(8-14(2)29)19-22-20(26(9-15(3)30)10-16(4)31)24-21(23-19)27(11-17(5)32)12-18(6)33/h13-18,28-33H,7-12H2,1-6H3. The Kier molecular flexibility index (Phi) is 12.2. The Morgan fingerprint density at radius 1 is 0.424 bits per heavy atom. The third-order valence-electron chi connectivity index (χ3n) is 4.36. The average molecular weight is 475 g/mol. The quantitative estimate of drug-likeness (QED) is 0.176. The van der Waals surface area contributed by atoms with Gasteiger partial charge in [0.05, 0.1) is 36.6 Å². The molecule has 0 aliphatic rings. The van der Waals surface area contributed by atoms with Gasteiger partial charge in [-0.05, 0) is 41.5 Å². The number of hydrogen-bond acceptors (Lipinski definition) is 12. The highest BCUT2D eigenvalue weighted by molar-refractivity contribution is 5.47. The van der Waals surface area contributed by atoms with Crippen LogP contribution in [0.4, 0.5) is 17.8 Å². The Morgan fingerprint density at radius 2 is 0.576 bits per heavy atom. The summed E-state index contributed by atoms with van der Waals surface area (Å²) in [5.41, 5.74) is 0. The lowest BCUT2D eigenvalue weighted by Crippen LogP contribution is -2.42. The van der Waals surface area contributed by atoms with Gasteiger partial charge in [-0.25, -0.2) is 0 Å². The van der Waals surface area contributed by atoms with Crippen LogP contribution in [-0.4, -0.2) is 121 Å². The third kappa shape index (κ3) is 11.2. The summed E-state index contributed by atoms with van der Waals surface area (Å²) in [4.78, 5) is 18.4. The molecule has 192 valence electrons. The molecular formula is C21H42N6O6. The van der Waals surface area contributed by atoms with Crippen molar-refractivity contribution in [1.29, 1.82) is 0 Å². The van der Waals surface area contributed by atoms with Gasteiger partial charge in [0.1, 0.15) is 0 Å². The van der Waals surface area contributed by atoms with E-state index in [-0.39, 0.29) is 57.1 Å². The molecule has 0 saturated carbocycles. The van der Waals surface area contributed by atoms with Crippen LogP contribution in [0.1, 0.15) is 41.5 Å². The zero-order chi connectivity index (χ0) is 25.3.